The molecule has 0 N–H and O–H groups in total. The molecule has 0 saturated heterocycles. The van der Waals surface area contributed by atoms with Crippen LogP contribution in [0.2, 0.25) is 0 Å². The van der Waals surface area contributed by atoms with Crippen molar-refractivity contribution in [3.63, 3.8) is 0 Å². The fourth-order valence-corrected chi connectivity index (χ4v) is 1.61. The lowest BCUT2D eigenvalue weighted by molar-refractivity contribution is -0.142. The van der Waals surface area contributed by atoms with E-state index in [1.165, 1.54) is 6.92 Å². The summed E-state index contributed by atoms with van der Waals surface area (Å²) >= 11 is 0. The third-order valence-corrected chi connectivity index (χ3v) is 2.34. The molecule has 0 aromatic carbocycles. The number of carbonyl (C=O) groups excluding carboxylic acids is 1. The minimum Gasteiger partial charge on any atom is -0.461 e. The minimum absolute atomic E-state index is 0.116. The number of alkyl halides is 3. The number of imidazole rings is 1. The number of ether oxygens (including phenoxy) is 1. The van der Waals surface area contributed by atoms with Crippen LogP contribution >= 0.6 is 0 Å². The van der Waals surface area contributed by atoms with Gasteiger partial charge in [-0.25, -0.2) is 14.8 Å². The molecule has 0 spiro atoms. The van der Waals surface area contributed by atoms with E-state index >= 15 is 0 Å². The number of fused-ring (bicyclic) bond motifs is 1. The molecule has 2 aromatic rings. The Morgan fingerprint density at radius 1 is 1.42 bits per heavy atom. The van der Waals surface area contributed by atoms with E-state index in [2.05, 4.69) is 14.7 Å². The smallest absolute Gasteiger partial charge is 0.431 e. The molecule has 2 heterocycles. The first-order valence-electron chi connectivity index (χ1n) is 5.44. The van der Waals surface area contributed by atoms with Gasteiger partial charge in [-0.2, -0.15) is 13.2 Å². The van der Waals surface area contributed by atoms with Crippen molar-refractivity contribution in [2.45, 2.75) is 20.0 Å². The predicted molar refractivity (Wildman–Crippen MR) is 58.7 cm³/mol. The maximum atomic E-state index is 12.9. The number of halogens is 3. The summed E-state index contributed by atoms with van der Waals surface area (Å²) in [6.45, 7) is 3.14. The molecular formula is C11H10F3N3O2. The van der Waals surface area contributed by atoms with E-state index in [0.29, 0.717) is 0 Å². The van der Waals surface area contributed by atoms with Gasteiger partial charge in [0.25, 0.3) is 0 Å². The fourth-order valence-electron chi connectivity index (χ4n) is 1.61. The molecule has 0 aliphatic rings. The van der Waals surface area contributed by atoms with E-state index in [4.69, 9.17) is 0 Å². The normalized spacial score (nSPS) is 11.8. The lowest BCUT2D eigenvalue weighted by atomic mass is 10.3. The van der Waals surface area contributed by atoms with E-state index in [1.807, 2.05) is 0 Å². The van der Waals surface area contributed by atoms with Gasteiger partial charge in [-0.15, -0.1) is 0 Å². The average molecular weight is 273 g/mol. The Hall–Kier alpha value is -2.12. The second-order valence-electron chi connectivity index (χ2n) is 3.80. The van der Waals surface area contributed by atoms with Gasteiger partial charge in [-0.3, -0.25) is 4.40 Å². The number of hydrogen-bond donors (Lipinski definition) is 0. The van der Waals surface area contributed by atoms with Crippen molar-refractivity contribution in [2.24, 2.45) is 0 Å². The zero-order valence-corrected chi connectivity index (χ0v) is 10.2. The number of rotatable bonds is 2. The fraction of sp³-hybridized carbons (Fsp3) is 0.364. The number of aryl methyl sites for hydroxylation is 1. The standard InChI is InChI=1S/C11H10F3N3O2/c1-3-19-9(18)7-5-17-8(11(12,13)14)4-6(2)15-10(17)16-7/h4-5H,3H2,1-2H3. The first kappa shape index (κ1) is 13.3. The predicted octanol–water partition coefficient (Wildman–Crippen LogP) is 2.23. The van der Waals surface area contributed by atoms with Gasteiger partial charge in [0.05, 0.1) is 6.61 Å². The maximum absolute atomic E-state index is 12.9. The Kier molecular flexibility index (Phi) is 3.17. The van der Waals surface area contributed by atoms with E-state index in [-0.39, 0.29) is 23.8 Å². The maximum Gasteiger partial charge on any atom is 0.431 e. The first-order chi connectivity index (χ1) is 8.82. The highest BCUT2D eigenvalue weighted by atomic mass is 19.4. The number of aromatic nitrogens is 3. The first-order valence-corrected chi connectivity index (χ1v) is 5.44. The molecule has 2 rings (SSSR count). The van der Waals surface area contributed by atoms with Crippen molar-refractivity contribution in [2.75, 3.05) is 6.61 Å². The van der Waals surface area contributed by atoms with Gasteiger partial charge in [-0.1, -0.05) is 0 Å². The Morgan fingerprint density at radius 3 is 2.68 bits per heavy atom. The molecule has 0 fully saturated rings. The summed E-state index contributed by atoms with van der Waals surface area (Å²) in [4.78, 5) is 19.1. The summed E-state index contributed by atoms with van der Waals surface area (Å²) in [5.74, 6) is -0.964. The number of hydrogen-bond acceptors (Lipinski definition) is 4. The van der Waals surface area contributed by atoms with Gasteiger partial charge in [0.15, 0.2) is 5.69 Å². The Balaban J connectivity index is 2.62. The monoisotopic (exact) mass is 273 g/mol. The molecule has 19 heavy (non-hydrogen) atoms. The van der Waals surface area contributed by atoms with E-state index in [0.717, 1.165) is 16.7 Å². The van der Waals surface area contributed by atoms with Crippen LogP contribution < -0.4 is 0 Å². The van der Waals surface area contributed by atoms with E-state index in [1.54, 1.807) is 6.92 Å². The summed E-state index contributed by atoms with van der Waals surface area (Å²) in [6.07, 6.45) is -3.58. The van der Waals surface area contributed by atoms with Crippen LogP contribution in [0.1, 0.15) is 28.8 Å². The summed E-state index contributed by atoms with van der Waals surface area (Å²) in [5.41, 5.74) is -0.968. The van der Waals surface area contributed by atoms with Crippen LogP contribution in [0.3, 0.4) is 0 Å². The SMILES string of the molecule is CCOC(=O)c1cn2c(C(F)(F)F)cc(C)nc2n1. The Bertz CT molecular complexity index is 634. The van der Waals surface area contributed by atoms with Gasteiger partial charge in [-0.05, 0) is 19.9 Å². The quantitative estimate of drug-likeness (QED) is 0.787. The molecule has 0 aliphatic heterocycles. The van der Waals surface area contributed by atoms with Gasteiger partial charge in [0.2, 0.25) is 5.78 Å². The second-order valence-corrected chi connectivity index (χ2v) is 3.80. The van der Waals surface area contributed by atoms with Gasteiger partial charge in [0, 0.05) is 11.9 Å². The summed E-state index contributed by atoms with van der Waals surface area (Å²) < 4.78 is 44.0. The topological polar surface area (TPSA) is 56.5 Å². The largest absolute Gasteiger partial charge is 0.461 e. The van der Waals surface area contributed by atoms with Crippen molar-refractivity contribution in [1.29, 1.82) is 0 Å². The van der Waals surface area contributed by atoms with E-state index in [9.17, 15) is 18.0 Å². The lowest BCUT2D eigenvalue weighted by Crippen LogP contribution is -2.12. The van der Waals surface area contributed by atoms with Crippen molar-refractivity contribution >= 4 is 11.7 Å². The molecule has 8 heteroatoms. The zero-order chi connectivity index (χ0) is 14.2. The summed E-state index contributed by atoms with van der Waals surface area (Å²) in [5, 5.41) is 0. The van der Waals surface area contributed by atoms with Gasteiger partial charge in [0.1, 0.15) is 5.69 Å². The van der Waals surface area contributed by atoms with Crippen LogP contribution in [0.4, 0.5) is 13.2 Å². The average Bonchev–Trinajstić information content (AvgIpc) is 2.70. The highest BCUT2D eigenvalue weighted by molar-refractivity contribution is 5.87. The van der Waals surface area contributed by atoms with Gasteiger partial charge < -0.3 is 4.74 Å². The van der Waals surface area contributed by atoms with Crippen molar-refractivity contribution in [3.8, 4) is 0 Å². The van der Waals surface area contributed by atoms with Crippen LogP contribution in [-0.4, -0.2) is 26.9 Å². The molecule has 0 saturated carbocycles. The number of carbonyl (C=O) groups is 1. The number of esters is 1. The number of nitrogens with zero attached hydrogens (tertiary/aromatic N) is 3. The van der Waals surface area contributed by atoms with Crippen LogP contribution in [0.5, 0.6) is 0 Å². The molecule has 0 aliphatic carbocycles. The van der Waals surface area contributed by atoms with Crippen molar-refractivity contribution < 1.29 is 22.7 Å². The Morgan fingerprint density at radius 2 is 2.11 bits per heavy atom. The van der Waals surface area contributed by atoms with Crippen LogP contribution in [-0.2, 0) is 10.9 Å². The van der Waals surface area contributed by atoms with Gasteiger partial charge >= 0.3 is 12.1 Å². The second kappa shape index (κ2) is 4.52. The highest BCUT2D eigenvalue weighted by Crippen LogP contribution is 2.30. The molecule has 102 valence electrons. The molecule has 0 atom stereocenters. The highest BCUT2D eigenvalue weighted by Gasteiger charge is 2.34. The zero-order valence-electron chi connectivity index (χ0n) is 10.2. The Labute approximate surface area is 106 Å². The third kappa shape index (κ3) is 2.51. The minimum atomic E-state index is -4.56. The molecule has 5 nitrogen and oxygen atoms in total. The molecule has 0 unspecified atom stereocenters. The van der Waals surface area contributed by atoms with E-state index < -0.39 is 17.8 Å². The van der Waals surface area contributed by atoms with Crippen LogP contribution in [0, 0.1) is 6.92 Å². The van der Waals surface area contributed by atoms with Crippen molar-refractivity contribution in [1.82, 2.24) is 14.4 Å². The molecule has 0 amide bonds. The molecule has 0 radical (unpaired) electrons. The third-order valence-electron chi connectivity index (χ3n) is 2.34. The van der Waals surface area contributed by atoms with Crippen molar-refractivity contribution in [3.05, 3.63) is 29.3 Å². The molecule has 2 aromatic heterocycles. The van der Waals surface area contributed by atoms with Crippen LogP contribution in [0.15, 0.2) is 12.3 Å². The lowest BCUT2D eigenvalue weighted by Gasteiger charge is -2.09. The summed E-state index contributed by atoms with van der Waals surface area (Å²) in [7, 11) is 0. The molecule has 0 bridgehead atoms. The summed E-state index contributed by atoms with van der Waals surface area (Å²) in [6, 6.07) is 0.892. The van der Waals surface area contributed by atoms with Crippen LogP contribution in [0.25, 0.3) is 5.78 Å². The molecular weight excluding hydrogens is 263 g/mol.